The minimum Gasteiger partial charge on any atom is -0.330 e. The molecule has 0 radical (unpaired) electrons. The molecule has 2 fully saturated rings. The standard InChI is InChI=1S/C20H25N5O/c1-24(2)20(16-6-4-3-5-7-16)10-8-19(9-11-20)14-25(18(26)23-19)17-12-21-15-22-13-17/h3-7,12-13,15H,8-11,14H2,1-2H3,(H,23,26). The number of benzene rings is 1. The van der Waals surface area contributed by atoms with Crippen LogP contribution >= 0.6 is 0 Å². The largest absolute Gasteiger partial charge is 0.330 e. The van der Waals surface area contributed by atoms with Gasteiger partial charge in [-0.1, -0.05) is 30.3 Å². The first-order valence-electron chi connectivity index (χ1n) is 9.12. The van der Waals surface area contributed by atoms with Crippen molar-refractivity contribution < 1.29 is 4.79 Å². The highest BCUT2D eigenvalue weighted by Gasteiger charge is 2.50. The molecule has 1 saturated heterocycles. The number of carbonyl (C=O) groups is 1. The van der Waals surface area contributed by atoms with E-state index in [1.165, 1.54) is 11.9 Å². The van der Waals surface area contributed by atoms with Crippen molar-refractivity contribution in [2.24, 2.45) is 0 Å². The Morgan fingerprint density at radius 1 is 1.04 bits per heavy atom. The lowest BCUT2D eigenvalue weighted by atomic mass is 9.69. The summed E-state index contributed by atoms with van der Waals surface area (Å²) in [5, 5.41) is 3.26. The lowest BCUT2D eigenvalue weighted by molar-refractivity contribution is 0.0658. The summed E-state index contributed by atoms with van der Waals surface area (Å²) in [6, 6.07) is 10.7. The van der Waals surface area contributed by atoms with Gasteiger partial charge >= 0.3 is 6.03 Å². The van der Waals surface area contributed by atoms with Crippen LogP contribution in [-0.4, -0.2) is 47.1 Å². The first-order chi connectivity index (χ1) is 12.5. The zero-order valence-electron chi connectivity index (χ0n) is 15.4. The van der Waals surface area contributed by atoms with Gasteiger partial charge in [-0.25, -0.2) is 14.8 Å². The lowest BCUT2D eigenvalue weighted by Crippen LogP contribution is -2.54. The van der Waals surface area contributed by atoms with E-state index >= 15 is 0 Å². The second kappa shape index (κ2) is 6.36. The van der Waals surface area contributed by atoms with E-state index in [0.717, 1.165) is 31.4 Å². The molecule has 2 amide bonds. The molecule has 2 aliphatic rings. The van der Waals surface area contributed by atoms with Crippen molar-refractivity contribution in [1.82, 2.24) is 20.2 Å². The molecule has 1 aliphatic heterocycles. The molecular formula is C20H25N5O. The van der Waals surface area contributed by atoms with Crippen LogP contribution in [0.1, 0.15) is 31.2 Å². The van der Waals surface area contributed by atoms with E-state index < -0.39 is 0 Å². The number of hydrogen-bond donors (Lipinski definition) is 1. The third kappa shape index (κ3) is 2.74. The van der Waals surface area contributed by atoms with Crippen LogP contribution in [0.25, 0.3) is 0 Å². The van der Waals surface area contributed by atoms with Gasteiger partial charge in [-0.15, -0.1) is 0 Å². The van der Waals surface area contributed by atoms with E-state index in [4.69, 9.17) is 0 Å². The predicted octanol–water partition coefficient (Wildman–Crippen LogP) is 2.78. The summed E-state index contributed by atoms with van der Waals surface area (Å²) in [5.41, 5.74) is 1.98. The number of hydrogen-bond acceptors (Lipinski definition) is 4. The van der Waals surface area contributed by atoms with Gasteiger partial charge in [0.1, 0.15) is 6.33 Å². The van der Waals surface area contributed by atoms with Crippen molar-refractivity contribution in [2.45, 2.75) is 36.8 Å². The van der Waals surface area contributed by atoms with Crippen molar-refractivity contribution in [3.05, 3.63) is 54.6 Å². The minimum absolute atomic E-state index is 0.0283. The van der Waals surface area contributed by atoms with E-state index in [1.54, 1.807) is 17.3 Å². The van der Waals surface area contributed by atoms with Crippen molar-refractivity contribution in [3.8, 4) is 0 Å². The number of amides is 2. The van der Waals surface area contributed by atoms with Gasteiger partial charge in [-0.05, 0) is 45.3 Å². The van der Waals surface area contributed by atoms with Crippen LogP contribution in [0.5, 0.6) is 0 Å². The van der Waals surface area contributed by atoms with Crippen molar-refractivity contribution >= 4 is 11.7 Å². The molecule has 1 N–H and O–H groups in total. The fourth-order valence-electron chi connectivity index (χ4n) is 4.52. The predicted molar refractivity (Wildman–Crippen MR) is 101 cm³/mol. The van der Waals surface area contributed by atoms with Gasteiger partial charge in [0.2, 0.25) is 0 Å². The van der Waals surface area contributed by atoms with Crippen molar-refractivity contribution in [3.63, 3.8) is 0 Å². The number of aromatic nitrogens is 2. The number of nitrogens with zero attached hydrogens (tertiary/aromatic N) is 4. The molecule has 136 valence electrons. The smallest absolute Gasteiger partial charge is 0.322 e. The third-order valence-corrected chi connectivity index (χ3v) is 6.14. The zero-order chi connectivity index (χ0) is 18.2. The maximum absolute atomic E-state index is 12.6. The number of nitrogens with one attached hydrogen (secondary N) is 1. The zero-order valence-corrected chi connectivity index (χ0v) is 15.4. The highest BCUT2D eigenvalue weighted by molar-refractivity contribution is 5.95. The van der Waals surface area contributed by atoms with Gasteiger partial charge in [-0.2, -0.15) is 0 Å². The quantitative estimate of drug-likeness (QED) is 0.924. The molecule has 2 heterocycles. The van der Waals surface area contributed by atoms with E-state index in [-0.39, 0.29) is 17.1 Å². The normalized spacial score (nSPS) is 28.6. The summed E-state index contributed by atoms with van der Waals surface area (Å²) >= 11 is 0. The Bertz CT molecular complexity index is 769. The first kappa shape index (κ1) is 17.0. The molecule has 1 saturated carbocycles. The molecule has 1 aromatic heterocycles. The monoisotopic (exact) mass is 351 g/mol. The van der Waals surface area contributed by atoms with Gasteiger partial charge in [0.15, 0.2) is 0 Å². The average Bonchev–Trinajstić information content (AvgIpc) is 3.00. The maximum atomic E-state index is 12.6. The fourth-order valence-corrected chi connectivity index (χ4v) is 4.52. The van der Waals surface area contributed by atoms with E-state index in [1.807, 2.05) is 0 Å². The molecule has 6 nitrogen and oxygen atoms in total. The first-order valence-corrected chi connectivity index (χ1v) is 9.12. The number of carbonyl (C=O) groups excluding carboxylic acids is 1. The number of urea groups is 1. The van der Waals surface area contributed by atoms with E-state index in [0.29, 0.717) is 6.54 Å². The second-order valence-corrected chi connectivity index (χ2v) is 7.69. The van der Waals surface area contributed by atoms with Crippen LogP contribution in [0, 0.1) is 0 Å². The average molecular weight is 351 g/mol. The highest BCUT2D eigenvalue weighted by atomic mass is 16.2. The summed E-state index contributed by atoms with van der Waals surface area (Å²) in [5.74, 6) is 0. The van der Waals surface area contributed by atoms with Gasteiger partial charge in [0.05, 0.1) is 30.2 Å². The Labute approximate surface area is 154 Å². The highest BCUT2D eigenvalue weighted by Crippen LogP contribution is 2.46. The van der Waals surface area contributed by atoms with Crippen LogP contribution in [-0.2, 0) is 5.54 Å². The summed E-state index contributed by atoms with van der Waals surface area (Å²) in [7, 11) is 4.32. The Hall–Kier alpha value is -2.47. The molecule has 0 bridgehead atoms. The molecule has 0 unspecified atom stereocenters. The Morgan fingerprint density at radius 3 is 2.31 bits per heavy atom. The van der Waals surface area contributed by atoms with Gasteiger partial charge in [0, 0.05) is 5.54 Å². The van der Waals surface area contributed by atoms with E-state index in [9.17, 15) is 4.79 Å². The van der Waals surface area contributed by atoms with Crippen LogP contribution in [0.3, 0.4) is 0 Å². The number of rotatable bonds is 3. The minimum atomic E-state index is -0.165. The Balaban J connectivity index is 1.55. The topological polar surface area (TPSA) is 61.4 Å². The van der Waals surface area contributed by atoms with Crippen LogP contribution < -0.4 is 10.2 Å². The molecule has 0 atom stereocenters. The Kier molecular flexibility index (Phi) is 4.15. The SMILES string of the molecule is CN(C)C1(c2ccccc2)CCC2(CC1)CN(c1cncnc1)C(=O)N2. The van der Waals surface area contributed by atoms with E-state index in [2.05, 4.69) is 64.6 Å². The summed E-state index contributed by atoms with van der Waals surface area (Å²) < 4.78 is 0. The maximum Gasteiger partial charge on any atom is 0.322 e. The van der Waals surface area contributed by atoms with Crippen molar-refractivity contribution in [1.29, 1.82) is 0 Å². The Morgan fingerprint density at radius 2 is 1.69 bits per heavy atom. The second-order valence-electron chi connectivity index (χ2n) is 7.69. The molecule has 6 heteroatoms. The summed E-state index contributed by atoms with van der Waals surface area (Å²) in [6.07, 6.45) is 8.82. The van der Waals surface area contributed by atoms with Gasteiger partial charge in [-0.3, -0.25) is 9.80 Å². The molecule has 1 aromatic carbocycles. The molecule has 1 spiro atoms. The third-order valence-electron chi connectivity index (χ3n) is 6.14. The van der Waals surface area contributed by atoms with Crippen LogP contribution in [0.4, 0.5) is 10.5 Å². The molecule has 1 aliphatic carbocycles. The molecular weight excluding hydrogens is 326 g/mol. The summed E-state index contributed by atoms with van der Waals surface area (Å²) in [4.78, 5) is 24.8. The number of anilines is 1. The molecule has 2 aromatic rings. The lowest BCUT2D eigenvalue weighted by Gasteiger charge is -2.48. The van der Waals surface area contributed by atoms with Gasteiger partial charge < -0.3 is 5.32 Å². The van der Waals surface area contributed by atoms with Crippen molar-refractivity contribution in [2.75, 3.05) is 25.5 Å². The summed E-state index contributed by atoms with van der Waals surface area (Å²) in [6.45, 7) is 0.678. The van der Waals surface area contributed by atoms with Crippen LogP contribution in [0.15, 0.2) is 49.1 Å². The molecule has 26 heavy (non-hydrogen) atoms. The molecule has 4 rings (SSSR count). The fraction of sp³-hybridized carbons (Fsp3) is 0.450. The van der Waals surface area contributed by atoms with Gasteiger partial charge in [0.25, 0.3) is 0 Å². The van der Waals surface area contributed by atoms with Crippen LogP contribution in [0.2, 0.25) is 0 Å².